The van der Waals surface area contributed by atoms with Gasteiger partial charge in [0.05, 0.1) is 22.4 Å². The predicted octanol–water partition coefficient (Wildman–Crippen LogP) is 4.27. The average Bonchev–Trinajstić information content (AvgIpc) is 3.53. The van der Waals surface area contributed by atoms with Gasteiger partial charge in [-0.25, -0.2) is 9.79 Å². The summed E-state index contributed by atoms with van der Waals surface area (Å²) in [5, 5.41) is 1.95. The molecule has 178 valence electrons. The Morgan fingerprint density at radius 2 is 1.91 bits per heavy atom. The zero-order valence-electron chi connectivity index (χ0n) is 19.9. The number of hydrogen-bond acceptors (Lipinski definition) is 6. The topological polar surface area (TPSA) is 65.6 Å². The molecular formula is C27H25N3O3S2. The van der Waals surface area contributed by atoms with Gasteiger partial charge in [0.15, 0.2) is 4.80 Å². The molecule has 35 heavy (non-hydrogen) atoms. The van der Waals surface area contributed by atoms with Gasteiger partial charge in [-0.05, 0) is 69.0 Å². The number of thiophene rings is 1. The maximum Gasteiger partial charge on any atom is 0.338 e. The number of aryl methyl sites for hydroxylation is 1. The van der Waals surface area contributed by atoms with Crippen LogP contribution in [0.3, 0.4) is 0 Å². The number of nitrogens with zero attached hydrogens (tertiary/aromatic N) is 3. The molecule has 0 bridgehead atoms. The normalized spacial score (nSPS) is 15.8. The Morgan fingerprint density at radius 3 is 2.60 bits per heavy atom. The molecule has 6 nitrogen and oxygen atoms in total. The van der Waals surface area contributed by atoms with Crippen LogP contribution in [-0.4, -0.2) is 21.7 Å². The number of ether oxygens (including phenoxy) is 1. The van der Waals surface area contributed by atoms with Crippen LogP contribution in [0.15, 0.2) is 75.0 Å². The van der Waals surface area contributed by atoms with Crippen LogP contribution >= 0.6 is 22.7 Å². The largest absolute Gasteiger partial charge is 0.463 e. The fourth-order valence-electron chi connectivity index (χ4n) is 4.56. The van der Waals surface area contributed by atoms with Crippen molar-refractivity contribution in [2.75, 3.05) is 6.61 Å². The smallest absolute Gasteiger partial charge is 0.338 e. The lowest BCUT2D eigenvalue weighted by molar-refractivity contribution is -0.139. The van der Waals surface area contributed by atoms with E-state index < -0.39 is 12.0 Å². The highest BCUT2D eigenvalue weighted by Crippen LogP contribution is 2.33. The van der Waals surface area contributed by atoms with Crippen molar-refractivity contribution in [1.82, 2.24) is 9.13 Å². The zero-order valence-corrected chi connectivity index (χ0v) is 21.6. The van der Waals surface area contributed by atoms with Gasteiger partial charge in [0.2, 0.25) is 0 Å². The third-order valence-electron chi connectivity index (χ3n) is 6.10. The number of carbonyl (C=O) groups excluding carboxylic acids is 1. The van der Waals surface area contributed by atoms with Gasteiger partial charge < -0.3 is 9.30 Å². The molecule has 1 atom stereocenters. The van der Waals surface area contributed by atoms with Gasteiger partial charge in [-0.15, -0.1) is 11.3 Å². The molecule has 1 aliphatic heterocycles. The van der Waals surface area contributed by atoms with Crippen LogP contribution in [0.25, 0.3) is 11.8 Å². The van der Waals surface area contributed by atoms with Gasteiger partial charge >= 0.3 is 5.97 Å². The summed E-state index contributed by atoms with van der Waals surface area (Å²) in [7, 11) is 0. The van der Waals surface area contributed by atoms with Crippen LogP contribution in [0.4, 0.5) is 0 Å². The van der Waals surface area contributed by atoms with Crippen molar-refractivity contribution in [3.63, 3.8) is 0 Å². The highest BCUT2D eigenvalue weighted by molar-refractivity contribution is 7.10. The van der Waals surface area contributed by atoms with Crippen molar-refractivity contribution >= 4 is 34.7 Å². The fraction of sp³-hybridized carbons (Fsp3) is 0.222. The van der Waals surface area contributed by atoms with Crippen molar-refractivity contribution in [1.29, 1.82) is 0 Å². The van der Waals surface area contributed by atoms with E-state index in [0.29, 0.717) is 20.6 Å². The first-order valence-electron chi connectivity index (χ1n) is 11.4. The molecule has 0 N–H and O–H groups in total. The molecule has 0 spiro atoms. The minimum absolute atomic E-state index is 0.161. The molecule has 0 unspecified atom stereocenters. The van der Waals surface area contributed by atoms with Crippen LogP contribution < -0.4 is 14.9 Å². The van der Waals surface area contributed by atoms with Crippen molar-refractivity contribution in [2.45, 2.75) is 33.7 Å². The molecule has 4 heterocycles. The predicted molar refractivity (Wildman–Crippen MR) is 140 cm³/mol. The molecule has 0 fully saturated rings. The summed E-state index contributed by atoms with van der Waals surface area (Å²) < 4.78 is 9.73. The number of thiazole rings is 1. The number of allylic oxidation sites excluding steroid dienone is 1. The highest BCUT2D eigenvalue weighted by atomic mass is 32.1. The fourth-order valence-corrected chi connectivity index (χ4v) is 6.42. The summed E-state index contributed by atoms with van der Waals surface area (Å²) in [5.41, 5.74) is 5.03. The molecule has 0 saturated heterocycles. The van der Waals surface area contributed by atoms with E-state index in [1.54, 1.807) is 18.4 Å². The highest BCUT2D eigenvalue weighted by Gasteiger charge is 2.33. The van der Waals surface area contributed by atoms with E-state index in [-0.39, 0.29) is 12.2 Å². The Kier molecular flexibility index (Phi) is 6.17. The maximum absolute atomic E-state index is 13.7. The van der Waals surface area contributed by atoms with Gasteiger partial charge in [-0.1, -0.05) is 35.6 Å². The quantitative estimate of drug-likeness (QED) is 0.382. The maximum atomic E-state index is 13.7. The lowest BCUT2D eigenvalue weighted by Gasteiger charge is -2.23. The van der Waals surface area contributed by atoms with Gasteiger partial charge in [0.1, 0.15) is 6.04 Å². The third-order valence-corrected chi connectivity index (χ3v) is 8.01. The van der Waals surface area contributed by atoms with E-state index in [9.17, 15) is 9.59 Å². The van der Waals surface area contributed by atoms with Crippen molar-refractivity contribution in [3.05, 3.63) is 107 Å². The summed E-state index contributed by atoms with van der Waals surface area (Å²) in [6.07, 6.45) is 1.93. The molecular weight excluding hydrogens is 478 g/mol. The second-order valence-corrected chi connectivity index (χ2v) is 10.3. The minimum Gasteiger partial charge on any atom is -0.463 e. The Labute approximate surface area is 210 Å². The monoisotopic (exact) mass is 503 g/mol. The molecule has 4 aromatic rings. The molecule has 1 aliphatic rings. The Bertz CT molecular complexity index is 1620. The molecule has 5 rings (SSSR count). The van der Waals surface area contributed by atoms with Crippen LogP contribution in [-0.2, 0) is 9.53 Å². The molecule has 3 aromatic heterocycles. The van der Waals surface area contributed by atoms with Crippen molar-refractivity contribution < 1.29 is 9.53 Å². The molecule has 0 amide bonds. The second-order valence-electron chi connectivity index (χ2n) is 8.32. The van der Waals surface area contributed by atoms with Gasteiger partial charge in [-0.2, -0.15) is 0 Å². The molecule has 0 aliphatic carbocycles. The van der Waals surface area contributed by atoms with Gasteiger partial charge in [0, 0.05) is 22.0 Å². The molecule has 8 heteroatoms. The SMILES string of the molecule is CCOC(=O)C1=C(C)N=c2s/c(=C/c3cc(C)n(-c4ccccc4)c3C)c(=O)n2[C@@H]1c1cccs1. The number of hydrogen-bond donors (Lipinski definition) is 0. The summed E-state index contributed by atoms with van der Waals surface area (Å²) in [6, 6.07) is 15.6. The summed E-state index contributed by atoms with van der Waals surface area (Å²) in [5.74, 6) is -0.437. The first kappa shape index (κ1) is 23.3. The zero-order chi connectivity index (χ0) is 24.7. The number of rotatable bonds is 5. The lowest BCUT2D eigenvalue weighted by Crippen LogP contribution is -2.39. The molecule has 1 aromatic carbocycles. The van der Waals surface area contributed by atoms with Gasteiger partial charge in [0.25, 0.3) is 5.56 Å². The Balaban J connectivity index is 1.68. The van der Waals surface area contributed by atoms with Crippen LogP contribution in [0.2, 0.25) is 0 Å². The number of benzene rings is 1. The van der Waals surface area contributed by atoms with Gasteiger partial charge in [-0.3, -0.25) is 9.36 Å². The van der Waals surface area contributed by atoms with E-state index >= 15 is 0 Å². The Hall–Kier alpha value is -3.49. The Morgan fingerprint density at radius 1 is 1.14 bits per heavy atom. The lowest BCUT2D eigenvalue weighted by atomic mass is 10.0. The van der Waals surface area contributed by atoms with E-state index in [1.165, 1.54) is 22.7 Å². The molecule has 0 saturated carbocycles. The number of esters is 1. The standard InChI is InChI=1S/C27H25N3O3S2/c1-5-33-26(32)23-17(3)28-27-30(24(23)21-12-9-13-34-21)25(31)22(35-27)15-19-14-16(2)29(18(19)4)20-10-7-6-8-11-20/h6-15,24H,5H2,1-4H3/b22-15+/t24-/m1/s1. The van der Waals surface area contributed by atoms with Crippen molar-refractivity contribution in [2.24, 2.45) is 4.99 Å². The first-order valence-corrected chi connectivity index (χ1v) is 13.1. The molecule has 0 radical (unpaired) electrons. The first-order chi connectivity index (χ1) is 16.9. The minimum atomic E-state index is -0.552. The number of fused-ring (bicyclic) bond motifs is 1. The van der Waals surface area contributed by atoms with E-state index in [1.807, 2.05) is 41.8 Å². The van der Waals surface area contributed by atoms with E-state index in [0.717, 1.165) is 27.5 Å². The summed E-state index contributed by atoms with van der Waals surface area (Å²) in [6.45, 7) is 7.95. The average molecular weight is 504 g/mol. The van der Waals surface area contributed by atoms with E-state index in [4.69, 9.17) is 4.74 Å². The number of para-hydroxylation sites is 1. The van der Waals surface area contributed by atoms with Crippen molar-refractivity contribution in [3.8, 4) is 5.69 Å². The number of carbonyl (C=O) groups is 1. The van der Waals surface area contributed by atoms with Crippen LogP contribution in [0.5, 0.6) is 0 Å². The summed E-state index contributed by atoms with van der Waals surface area (Å²) >= 11 is 2.85. The summed E-state index contributed by atoms with van der Waals surface area (Å²) in [4.78, 5) is 32.8. The second kappa shape index (κ2) is 9.28. The number of aromatic nitrogens is 2. The van der Waals surface area contributed by atoms with Crippen LogP contribution in [0.1, 0.15) is 41.7 Å². The van der Waals surface area contributed by atoms with E-state index in [2.05, 4.69) is 41.6 Å². The third kappa shape index (κ3) is 4.02. The van der Waals surface area contributed by atoms with Crippen LogP contribution in [0, 0.1) is 13.8 Å².